The number of rotatable bonds is 5. The van der Waals surface area contributed by atoms with Crippen molar-refractivity contribution in [1.82, 2.24) is 19.7 Å². The summed E-state index contributed by atoms with van der Waals surface area (Å²) in [4.78, 5) is 24.4. The fourth-order valence-electron chi connectivity index (χ4n) is 2.27. The maximum absolute atomic E-state index is 12.5. The zero-order valence-electron chi connectivity index (χ0n) is 13.0. The fourth-order valence-corrected chi connectivity index (χ4v) is 2.27. The van der Waals surface area contributed by atoms with Gasteiger partial charge in [-0.15, -0.1) is 0 Å². The number of aromatic nitrogens is 3. The molecule has 0 saturated carbocycles. The topological polar surface area (TPSA) is 68.9 Å². The quantitative estimate of drug-likeness (QED) is 0.902. The number of hydrogen-bond donors (Lipinski definition) is 1. The number of carbonyl (C=O) groups excluding carboxylic acids is 1. The van der Waals surface area contributed by atoms with Gasteiger partial charge in [0.1, 0.15) is 12.1 Å². The molecule has 2 aromatic heterocycles. The van der Waals surface area contributed by atoms with Gasteiger partial charge in [-0.25, -0.2) is 0 Å². The van der Waals surface area contributed by atoms with E-state index in [2.05, 4.69) is 10.4 Å². The van der Waals surface area contributed by atoms with Gasteiger partial charge in [-0.1, -0.05) is 13.8 Å². The predicted molar refractivity (Wildman–Crippen MR) is 82.3 cm³/mol. The Hall–Kier alpha value is -2.11. The largest absolute Gasteiger partial charge is 0.354 e. The highest BCUT2D eigenvalue weighted by Gasteiger charge is 2.13. The third kappa shape index (κ3) is 3.15. The number of nitrogens with one attached hydrogen (secondary N) is 1. The number of nitrogens with zero attached hydrogens (tertiary/aromatic N) is 3. The zero-order chi connectivity index (χ0) is 15.6. The third-order valence-electron chi connectivity index (χ3n) is 3.38. The van der Waals surface area contributed by atoms with Gasteiger partial charge in [-0.05, 0) is 25.8 Å². The van der Waals surface area contributed by atoms with Crippen LogP contribution in [0.4, 0.5) is 0 Å². The van der Waals surface area contributed by atoms with Crippen molar-refractivity contribution in [3.63, 3.8) is 0 Å². The first-order valence-corrected chi connectivity index (χ1v) is 7.27. The van der Waals surface area contributed by atoms with E-state index in [0.29, 0.717) is 24.5 Å². The summed E-state index contributed by atoms with van der Waals surface area (Å²) in [5.41, 5.74) is 1.23. The molecule has 114 valence electrons. The van der Waals surface area contributed by atoms with Gasteiger partial charge in [0.15, 0.2) is 0 Å². The molecule has 0 saturated heterocycles. The molecule has 0 atom stereocenters. The molecule has 0 radical (unpaired) electrons. The standard InChI is InChI=1S/C15H22N4O2/c1-5-19-14-12(11(4)17-19)6-7-18(15(14)21)9-13(20)16-8-10(2)3/h6-7,10H,5,8-9H2,1-4H3,(H,16,20). The van der Waals surface area contributed by atoms with Crippen LogP contribution < -0.4 is 10.9 Å². The molecule has 0 aliphatic heterocycles. The van der Waals surface area contributed by atoms with Crippen molar-refractivity contribution >= 4 is 16.8 Å². The summed E-state index contributed by atoms with van der Waals surface area (Å²) in [7, 11) is 0. The lowest BCUT2D eigenvalue weighted by atomic mass is 10.2. The first kappa shape index (κ1) is 15.3. The summed E-state index contributed by atoms with van der Waals surface area (Å²) in [6.07, 6.45) is 1.66. The lowest BCUT2D eigenvalue weighted by Gasteiger charge is -2.09. The zero-order valence-corrected chi connectivity index (χ0v) is 13.0. The molecule has 0 fully saturated rings. The van der Waals surface area contributed by atoms with Crippen molar-refractivity contribution in [2.24, 2.45) is 5.92 Å². The summed E-state index contributed by atoms with van der Waals surface area (Å²) >= 11 is 0. The second-order valence-electron chi connectivity index (χ2n) is 5.61. The Labute approximate surface area is 123 Å². The highest BCUT2D eigenvalue weighted by atomic mass is 16.2. The molecular weight excluding hydrogens is 268 g/mol. The van der Waals surface area contributed by atoms with Crippen LogP contribution in [0.1, 0.15) is 26.5 Å². The Balaban J connectivity index is 2.32. The maximum Gasteiger partial charge on any atom is 0.277 e. The molecule has 0 bridgehead atoms. The van der Waals surface area contributed by atoms with Gasteiger partial charge in [0.05, 0.1) is 5.69 Å². The second-order valence-corrected chi connectivity index (χ2v) is 5.61. The van der Waals surface area contributed by atoms with Crippen LogP contribution in [-0.4, -0.2) is 26.8 Å². The minimum absolute atomic E-state index is 0.0371. The van der Waals surface area contributed by atoms with Crippen LogP contribution in [0.25, 0.3) is 10.9 Å². The van der Waals surface area contributed by atoms with E-state index in [9.17, 15) is 9.59 Å². The van der Waals surface area contributed by atoms with Gasteiger partial charge >= 0.3 is 0 Å². The Kier molecular flexibility index (Phi) is 4.45. The van der Waals surface area contributed by atoms with Crippen LogP contribution in [0.3, 0.4) is 0 Å². The van der Waals surface area contributed by atoms with Crippen molar-refractivity contribution in [2.75, 3.05) is 6.54 Å². The smallest absolute Gasteiger partial charge is 0.277 e. The average Bonchev–Trinajstić information content (AvgIpc) is 2.77. The highest BCUT2D eigenvalue weighted by molar-refractivity contribution is 5.81. The first-order chi connectivity index (χ1) is 9.93. The van der Waals surface area contributed by atoms with E-state index in [0.717, 1.165) is 11.1 Å². The third-order valence-corrected chi connectivity index (χ3v) is 3.38. The van der Waals surface area contributed by atoms with E-state index < -0.39 is 0 Å². The Bertz CT molecular complexity index is 712. The minimum Gasteiger partial charge on any atom is -0.354 e. The number of fused-ring (bicyclic) bond motifs is 1. The van der Waals surface area contributed by atoms with Crippen molar-refractivity contribution in [2.45, 2.75) is 40.8 Å². The predicted octanol–water partition coefficient (Wildman–Crippen LogP) is 1.30. The van der Waals surface area contributed by atoms with Crippen molar-refractivity contribution < 1.29 is 4.79 Å². The molecule has 2 aromatic rings. The van der Waals surface area contributed by atoms with Crippen LogP contribution in [0.5, 0.6) is 0 Å². The van der Waals surface area contributed by atoms with Crippen LogP contribution >= 0.6 is 0 Å². The monoisotopic (exact) mass is 290 g/mol. The Morgan fingerprint density at radius 1 is 1.43 bits per heavy atom. The number of aryl methyl sites for hydroxylation is 2. The van der Waals surface area contributed by atoms with Gasteiger partial charge in [0.2, 0.25) is 5.91 Å². The fraction of sp³-hybridized carbons (Fsp3) is 0.533. The molecule has 0 spiro atoms. The number of amides is 1. The molecule has 21 heavy (non-hydrogen) atoms. The normalized spacial score (nSPS) is 11.3. The molecule has 0 aromatic carbocycles. The van der Waals surface area contributed by atoms with Crippen LogP contribution in [0.15, 0.2) is 17.1 Å². The molecule has 2 rings (SSSR count). The van der Waals surface area contributed by atoms with E-state index in [-0.39, 0.29) is 18.0 Å². The molecule has 0 unspecified atom stereocenters. The maximum atomic E-state index is 12.5. The lowest BCUT2D eigenvalue weighted by Crippen LogP contribution is -2.34. The Morgan fingerprint density at radius 3 is 2.76 bits per heavy atom. The van der Waals surface area contributed by atoms with E-state index in [1.54, 1.807) is 10.9 Å². The Morgan fingerprint density at radius 2 is 2.14 bits per heavy atom. The van der Waals surface area contributed by atoms with Crippen LogP contribution in [0, 0.1) is 12.8 Å². The summed E-state index contributed by atoms with van der Waals surface area (Å²) in [5, 5.41) is 8.02. The molecular formula is C15H22N4O2. The van der Waals surface area contributed by atoms with E-state index in [1.807, 2.05) is 33.8 Å². The molecule has 1 amide bonds. The van der Waals surface area contributed by atoms with Crippen LogP contribution in [-0.2, 0) is 17.9 Å². The molecule has 6 heteroatoms. The van der Waals surface area contributed by atoms with Gasteiger partial charge in [0.25, 0.3) is 5.56 Å². The van der Waals surface area contributed by atoms with Crippen molar-refractivity contribution in [3.8, 4) is 0 Å². The average molecular weight is 290 g/mol. The summed E-state index contributed by atoms with van der Waals surface area (Å²) < 4.78 is 3.13. The summed E-state index contributed by atoms with van der Waals surface area (Å²) in [6, 6.07) is 1.85. The molecule has 0 aliphatic carbocycles. The molecule has 1 N–H and O–H groups in total. The van der Waals surface area contributed by atoms with Gasteiger partial charge in [-0.3, -0.25) is 14.3 Å². The first-order valence-electron chi connectivity index (χ1n) is 7.27. The van der Waals surface area contributed by atoms with E-state index >= 15 is 0 Å². The number of pyridine rings is 1. The SMILES string of the molecule is CCn1nc(C)c2ccn(CC(=O)NCC(C)C)c(=O)c21. The minimum atomic E-state index is -0.172. The molecule has 0 aliphatic rings. The molecule has 6 nitrogen and oxygen atoms in total. The summed E-state index contributed by atoms with van der Waals surface area (Å²) in [6.45, 7) is 9.16. The van der Waals surface area contributed by atoms with E-state index in [1.165, 1.54) is 4.57 Å². The highest BCUT2D eigenvalue weighted by Crippen LogP contribution is 2.13. The number of carbonyl (C=O) groups is 1. The van der Waals surface area contributed by atoms with Gasteiger partial charge < -0.3 is 9.88 Å². The van der Waals surface area contributed by atoms with Crippen LogP contribution in [0.2, 0.25) is 0 Å². The lowest BCUT2D eigenvalue weighted by molar-refractivity contribution is -0.121. The van der Waals surface area contributed by atoms with Gasteiger partial charge in [0, 0.05) is 24.7 Å². The second kappa shape index (κ2) is 6.11. The molecule has 2 heterocycles. The van der Waals surface area contributed by atoms with Gasteiger partial charge in [-0.2, -0.15) is 5.10 Å². The van der Waals surface area contributed by atoms with E-state index in [4.69, 9.17) is 0 Å². The van der Waals surface area contributed by atoms with Crippen molar-refractivity contribution in [1.29, 1.82) is 0 Å². The van der Waals surface area contributed by atoms with Crippen molar-refractivity contribution in [3.05, 3.63) is 28.3 Å². The summed E-state index contributed by atoms with van der Waals surface area (Å²) in [5.74, 6) is 0.238. The number of hydrogen-bond acceptors (Lipinski definition) is 3.